The highest BCUT2D eigenvalue weighted by molar-refractivity contribution is 7.84. The van der Waals surface area contributed by atoms with Crippen LogP contribution in [-0.2, 0) is 28.1 Å². The fourth-order valence-corrected chi connectivity index (χ4v) is 5.18. The van der Waals surface area contributed by atoms with Gasteiger partial charge in [-0.2, -0.15) is 12.7 Å². The zero-order chi connectivity index (χ0) is 23.2. The van der Waals surface area contributed by atoms with E-state index < -0.39 is 22.0 Å². The number of benzene rings is 2. The summed E-state index contributed by atoms with van der Waals surface area (Å²) in [5, 5.41) is 11.1. The lowest BCUT2D eigenvalue weighted by Crippen LogP contribution is -2.42. The van der Waals surface area contributed by atoms with E-state index in [9.17, 15) is 22.7 Å². The monoisotopic (exact) mass is 473 g/mol. The lowest BCUT2D eigenvalue weighted by Gasteiger charge is -2.26. The van der Waals surface area contributed by atoms with Crippen LogP contribution in [0.1, 0.15) is 21.5 Å². The highest BCUT2D eigenvalue weighted by atomic mass is 32.2. The van der Waals surface area contributed by atoms with Crippen LogP contribution < -0.4 is 4.18 Å². The Labute approximate surface area is 189 Å². The zero-order valence-electron chi connectivity index (χ0n) is 17.4. The summed E-state index contributed by atoms with van der Waals surface area (Å²) in [4.78, 5) is 18.8. The van der Waals surface area contributed by atoms with Gasteiger partial charge in [-0.15, -0.1) is 0 Å². The molecule has 1 amide bonds. The van der Waals surface area contributed by atoms with Crippen LogP contribution >= 0.6 is 0 Å². The first-order chi connectivity index (χ1) is 15.8. The largest absolute Gasteiger partial charge is 0.505 e. The first kappa shape index (κ1) is 21.6. The number of carbonyl (C=O) groups is 1. The first-order valence-electron chi connectivity index (χ1n) is 10.3. The topological polar surface area (TPSA) is 109 Å². The van der Waals surface area contributed by atoms with Crippen molar-refractivity contribution in [2.24, 2.45) is 0 Å². The van der Waals surface area contributed by atoms with Crippen LogP contribution in [0.3, 0.4) is 0 Å². The van der Waals surface area contributed by atoms with Crippen molar-refractivity contribution in [3.05, 3.63) is 65.1 Å². The van der Waals surface area contributed by atoms with E-state index in [0.29, 0.717) is 5.56 Å². The lowest BCUT2D eigenvalue weighted by molar-refractivity contribution is 0.0698. The van der Waals surface area contributed by atoms with Crippen molar-refractivity contribution in [3.8, 4) is 11.5 Å². The summed E-state index contributed by atoms with van der Waals surface area (Å²) in [7, 11) is -4.19. The number of amides is 1. The van der Waals surface area contributed by atoms with Crippen molar-refractivity contribution in [2.45, 2.75) is 13.1 Å². The molecule has 0 aliphatic carbocycles. The summed E-state index contributed by atoms with van der Waals surface area (Å²) in [5.74, 6) is -1.25. The molecule has 1 fully saturated rings. The number of fused-ring (bicyclic) bond motifs is 2. The van der Waals surface area contributed by atoms with Crippen LogP contribution in [0.5, 0.6) is 11.5 Å². The second-order valence-electron chi connectivity index (χ2n) is 7.77. The number of pyridine rings is 1. The summed E-state index contributed by atoms with van der Waals surface area (Å²) < 4.78 is 51.2. The van der Waals surface area contributed by atoms with Gasteiger partial charge in [0.1, 0.15) is 11.3 Å². The van der Waals surface area contributed by atoms with E-state index in [1.807, 2.05) is 0 Å². The standard InChI is InChI=1S/C22H20FN3O6S/c23-15-5-3-14(4-6-15)12-25-13-17-18(22(25)28)20(27)19-16(2-1-7-24-19)21(17)32-33(29,30)26-8-10-31-11-9-26/h1-7,27H,8-13H2. The SMILES string of the molecule is O=C1c2c(c(OS(=O)(=O)N3CCOCC3)c3cccnc3c2O)CN1Cc1ccc(F)cc1. The summed E-state index contributed by atoms with van der Waals surface area (Å²) in [6.07, 6.45) is 1.43. The molecule has 11 heteroatoms. The smallest absolute Gasteiger partial charge is 0.385 e. The first-order valence-corrected chi connectivity index (χ1v) is 11.7. The van der Waals surface area contributed by atoms with Crippen LogP contribution in [0.15, 0.2) is 42.6 Å². The minimum Gasteiger partial charge on any atom is -0.505 e. The molecule has 2 aliphatic rings. The average Bonchev–Trinajstić information content (AvgIpc) is 3.15. The summed E-state index contributed by atoms with van der Waals surface area (Å²) in [6, 6.07) is 8.88. The number of rotatable bonds is 5. The molecule has 0 spiro atoms. The highest BCUT2D eigenvalue weighted by Gasteiger charge is 2.38. The number of ether oxygens (including phenoxy) is 1. The van der Waals surface area contributed by atoms with E-state index in [1.165, 1.54) is 27.5 Å². The normalized spacial score (nSPS) is 16.9. The van der Waals surface area contributed by atoms with E-state index in [4.69, 9.17) is 8.92 Å². The Balaban J connectivity index is 1.57. The molecule has 0 unspecified atom stereocenters. The average molecular weight is 473 g/mol. The number of phenols is 1. The summed E-state index contributed by atoms with van der Waals surface area (Å²) >= 11 is 0. The Kier molecular flexibility index (Phi) is 5.39. The second kappa shape index (κ2) is 8.25. The van der Waals surface area contributed by atoms with Crippen LogP contribution in [0.4, 0.5) is 4.39 Å². The van der Waals surface area contributed by atoms with E-state index in [2.05, 4.69) is 4.98 Å². The van der Waals surface area contributed by atoms with E-state index in [-0.39, 0.29) is 72.9 Å². The van der Waals surface area contributed by atoms with Gasteiger partial charge >= 0.3 is 10.3 Å². The maximum absolute atomic E-state index is 13.3. The summed E-state index contributed by atoms with van der Waals surface area (Å²) in [5.41, 5.74) is 0.968. The minimum absolute atomic E-state index is 0.0118. The molecule has 2 aliphatic heterocycles. The summed E-state index contributed by atoms with van der Waals surface area (Å²) in [6.45, 7) is 0.957. The molecule has 9 nitrogen and oxygen atoms in total. The van der Waals surface area contributed by atoms with Gasteiger partial charge in [0.25, 0.3) is 5.91 Å². The fraction of sp³-hybridized carbons (Fsp3) is 0.273. The molecule has 5 rings (SSSR count). The molecule has 0 atom stereocenters. The number of aromatic nitrogens is 1. The molecule has 2 aromatic carbocycles. The number of carbonyl (C=O) groups excluding carboxylic acids is 1. The van der Waals surface area contributed by atoms with Gasteiger partial charge in [0.2, 0.25) is 0 Å². The third-order valence-corrected chi connectivity index (χ3v) is 7.08. The molecular formula is C22H20FN3O6S. The Morgan fingerprint density at radius 2 is 1.88 bits per heavy atom. The Morgan fingerprint density at radius 1 is 1.15 bits per heavy atom. The lowest BCUT2D eigenvalue weighted by atomic mass is 10.0. The quantitative estimate of drug-likeness (QED) is 0.605. The minimum atomic E-state index is -4.19. The molecular weight excluding hydrogens is 453 g/mol. The fourth-order valence-electron chi connectivity index (χ4n) is 4.08. The van der Waals surface area contributed by atoms with Gasteiger partial charge in [0.15, 0.2) is 11.5 Å². The molecule has 33 heavy (non-hydrogen) atoms. The highest BCUT2D eigenvalue weighted by Crippen LogP contribution is 2.44. The molecule has 0 bridgehead atoms. The van der Waals surface area contributed by atoms with Gasteiger partial charge < -0.3 is 18.9 Å². The van der Waals surface area contributed by atoms with Gasteiger partial charge in [-0.25, -0.2) is 4.39 Å². The molecule has 1 N–H and O–H groups in total. The number of hydrogen-bond acceptors (Lipinski definition) is 7. The maximum atomic E-state index is 13.3. The Hall–Kier alpha value is -3.28. The number of phenolic OH excluding ortho intramolecular Hbond substituents is 1. The predicted molar refractivity (Wildman–Crippen MR) is 115 cm³/mol. The van der Waals surface area contributed by atoms with Crippen molar-refractivity contribution in [1.29, 1.82) is 0 Å². The van der Waals surface area contributed by atoms with Crippen molar-refractivity contribution in [3.63, 3.8) is 0 Å². The van der Waals surface area contributed by atoms with Crippen LogP contribution in [-0.4, -0.2) is 59.9 Å². The number of morpholine rings is 1. The number of nitrogens with zero attached hydrogens (tertiary/aromatic N) is 3. The second-order valence-corrected chi connectivity index (χ2v) is 9.31. The van der Waals surface area contributed by atoms with Crippen molar-refractivity contribution < 1.29 is 31.6 Å². The third-order valence-electron chi connectivity index (χ3n) is 5.70. The van der Waals surface area contributed by atoms with E-state index >= 15 is 0 Å². The Bertz CT molecular complexity index is 1340. The molecule has 3 heterocycles. The van der Waals surface area contributed by atoms with E-state index in [0.717, 1.165) is 0 Å². The van der Waals surface area contributed by atoms with Gasteiger partial charge in [0.05, 0.1) is 25.3 Å². The predicted octanol–water partition coefficient (Wildman–Crippen LogP) is 2.19. The number of aromatic hydroxyl groups is 1. The van der Waals surface area contributed by atoms with Gasteiger partial charge in [-0.05, 0) is 29.8 Å². The molecule has 1 aromatic heterocycles. The maximum Gasteiger partial charge on any atom is 0.385 e. The van der Waals surface area contributed by atoms with Crippen LogP contribution in [0, 0.1) is 5.82 Å². The zero-order valence-corrected chi connectivity index (χ0v) is 18.2. The van der Waals surface area contributed by atoms with Crippen molar-refractivity contribution >= 4 is 27.1 Å². The molecule has 0 radical (unpaired) electrons. The van der Waals surface area contributed by atoms with Gasteiger partial charge in [-0.1, -0.05) is 12.1 Å². The van der Waals surface area contributed by atoms with Crippen LogP contribution in [0.25, 0.3) is 10.9 Å². The molecule has 3 aromatic rings. The molecule has 1 saturated heterocycles. The van der Waals surface area contributed by atoms with Crippen molar-refractivity contribution in [1.82, 2.24) is 14.2 Å². The Morgan fingerprint density at radius 3 is 2.61 bits per heavy atom. The van der Waals surface area contributed by atoms with E-state index in [1.54, 1.807) is 24.3 Å². The van der Waals surface area contributed by atoms with Gasteiger partial charge in [-0.3, -0.25) is 9.78 Å². The van der Waals surface area contributed by atoms with Crippen LogP contribution in [0.2, 0.25) is 0 Å². The van der Waals surface area contributed by atoms with Gasteiger partial charge in [0, 0.05) is 36.8 Å². The third kappa shape index (κ3) is 3.88. The molecule has 0 saturated carbocycles. The number of hydrogen-bond donors (Lipinski definition) is 1. The molecule has 172 valence electrons. The number of halogens is 1. The van der Waals surface area contributed by atoms with Crippen molar-refractivity contribution in [2.75, 3.05) is 26.3 Å².